The van der Waals surface area contributed by atoms with Gasteiger partial charge in [-0.1, -0.05) is 60.7 Å². The summed E-state index contributed by atoms with van der Waals surface area (Å²) in [6.45, 7) is 10.0. The lowest BCUT2D eigenvalue weighted by Crippen LogP contribution is -2.49. The van der Waals surface area contributed by atoms with Gasteiger partial charge in [0.05, 0.1) is 5.69 Å². The van der Waals surface area contributed by atoms with Gasteiger partial charge in [0.2, 0.25) is 0 Å². The van der Waals surface area contributed by atoms with Crippen LogP contribution in [-0.2, 0) is 4.79 Å². The molecule has 1 atom stereocenters. The number of fused-ring (bicyclic) bond motifs is 1. The van der Waals surface area contributed by atoms with E-state index in [9.17, 15) is 9.90 Å². The molecule has 0 saturated carbocycles. The van der Waals surface area contributed by atoms with Crippen LogP contribution in [0.25, 0.3) is 22.2 Å². The van der Waals surface area contributed by atoms with Crippen LogP contribution in [0, 0.1) is 0 Å². The Balaban J connectivity index is 1.75. The average Bonchev–Trinajstić information content (AvgIpc) is 3.09. The summed E-state index contributed by atoms with van der Waals surface area (Å²) in [7, 11) is 0. The molecule has 2 aromatic carbocycles. The SMILES string of the molecule is C=C(C)CN1CCN([C@H](C(=O)O)c2c(-c3ccccc3)[nH]c3ccccc23)CC1. The number of hydrogen-bond acceptors (Lipinski definition) is 3. The van der Waals surface area contributed by atoms with Gasteiger partial charge in [-0.15, -0.1) is 0 Å². The fraction of sp³-hybridized carbons (Fsp3) is 0.292. The van der Waals surface area contributed by atoms with Gasteiger partial charge in [0.25, 0.3) is 0 Å². The van der Waals surface area contributed by atoms with Crippen molar-refractivity contribution in [3.63, 3.8) is 0 Å². The Bertz CT molecular complexity index is 1020. The predicted octanol–water partition coefficient (Wildman–Crippen LogP) is 4.15. The topological polar surface area (TPSA) is 59.6 Å². The summed E-state index contributed by atoms with van der Waals surface area (Å²) in [4.78, 5) is 20.4. The molecule has 5 nitrogen and oxygen atoms in total. The number of aromatic nitrogens is 1. The van der Waals surface area contributed by atoms with E-state index < -0.39 is 12.0 Å². The van der Waals surface area contributed by atoms with Crippen molar-refractivity contribution in [1.29, 1.82) is 0 Å². The first-order valence-corrected chi connectivity index (χ1v) is 10.0. The summed E-state index contributed by atoms with van der Waals surface area (Å²) >= 11 is 0. The van der Waals surface area contributed by atoms with Gasteiger partial charge < -0.3 is 10.1 Å². The number of aliphatic carboxylic acids is 1. The first kappa shape index (κ1) is 19.4. The number of carboxylic acid groups (broad SMARTS) is 1. The molecule has 2 heterocycles. The lowest BCUT2D eigenvalue weighted by molar-refractivity contribution is -0.144. The number of nitrogens with one attached hydrogen (secondary N) is 1. The minimum absolute atomic E-state index is 0.687. The molecule has 5 heteroatoms. The molecule has 0 radical (unpaired) electrons. The molecule has 0 bridgehead atoms. The third-order valence-electron chi connectivity index (χ3n) is 5.58. The maximum Gasteiger partial charge on any atom is 0.325 e. The quantitative estimate of drug-likeness (QED) is 0.622. The van der Waals surface area contributed by atoms with Crippen molar-refractivity contribution in [2.45, 2.75) is 13.0 Å². The van der Waals surface area contributed by atoms with Crippen LogP contribution in [0.5, 0.6) is 0 Å². The Morgan fingerprint density at radius 3 is 2.38 bits per heavy atom. The minimum atomic E-state index is -0.805. The van der Waals surface area contributed by atoms with E-state index in [2.05, 4.69) is 21.4 Å². The highest BCUT2D eigenvalue weighted by Gasteiger charge is 2.34. The van der Waals surface area contributed by atoms with Crippen LogP contribution in [0.4, 0.5) is 0 Å². The molecule has 4 rings (SSSR count). The normalized spacial score (nSPS) is 16.7. The van der Waals surface area contributed by atoms with Crippen molar-refractivity contribution in [3.8, 4) is 11.3 Å². The highest BCUT2D eigenvalue weighted by Crippen LogP contribution is 2.37. The van der Waals surface area contributed by atoms with Gasteiger partial charge in [0.1, 0.15) is 6.04 Å². The summed E-state index contributed by atoms with van der Waals surface area (Å²) in [5, 5.41) is 11.2. The minimum Gasteiger partial charge on any atom is -0.480 e. The first-order chi connectivity index (χ1) is 14.0. The number of rotatable bonds is 6. The van der Waals surface area contributed by atoms with E-state index >= 15 is 0 Å². The van der Waals surface area contributed by atoms with E-state index in [0.29, 0.717) is 0 Å². The Morgan fingerprint density at radius 2 is 1.72 bits per heavy atom. The molecule has 0 amide bonds. The molecule has 0 unspecified atom stereocenters. The predicted molar refractivity (Wildman–Crippen MR) is 117 cm³/mol. The van der Waals surface area contributed by atoms with Crippen LogP contribution in [0.15, 0.2) is 66.7 Å². The van der Waals surface area contributed by atoms with Gasteiger partial charge in [0, 0.05) is 49.2 Å². The largest absolute Gasteiger partial charge is 0.480 e. The summed E-state index contributed by atoms with van der Waals surface area (Å²) < 4.78 is 0. The first-order valence-electron chi connectivity index (χ1n) is 10.0. The second kappa shape index (κ2) is 8.23. The fourth-order valence-corrected chi connectivity index (χ4v) is 4.30. The van der Waals surface area contributed by atoms with Crippen molar-refractivity contribution < 1.29 is 9.90 Å². The molecule has 1 aromatic heterocycles. The summed E-state index contributed by atoms with van der Waals surface area (Å²) in [5.74, 6) is -0.805. The van der Waals surface area contributed by atoms with Crippen molar-refractivity contribution in [2.24, 2.45) is 0 Å². The smallest absolute Gasteiger partial charge is 0.325 e. The number of carboxylic acids is 1. The van der Waals surface area contributed by atoms with Crippen molar-refractivity contribution in [1.82, 2.24) is 14.8 Å². The molecule has 0 spiro atoms. The third-order valence-corrected chi connectivity index (χ3v) is 5.58. The molecule has 1 fully saturated rings. The third kappa shape index (κ3) is 3.97. The highest BCUT2D eigenvalue weighted by atomic mass is 16.4. The Labute approximate surface area is 171 Å². The number of para-hydroxylation sites is 1. The number of nitrogens with zero attached hydrogens (tertiary/aromatic N) is 2. The molecule has 3 aromatic rings. The molecule has 1 aliphatic heterocycles. The van der Waals surface area contributed by atoms with Gasteiger partial charge in [-0.05, 0) is 18.6 Å². The Hall–Kier alpha value is -2.89. The summed E-state index contributed by atoms with van der Waals surface area (Å²) in [6.07, 6.45) is 0. The maximum atomic E-state index is 12.5. The van der Waals surface area contributed by atoms with E-state index in [4.69, 9.17) is 0 Å². The number of hydrogen-bond donors (Lipinski definition) is 2. The van der Waals surface area contributed by atoms with Gasteiger partial charge in [-0.3, -0.25) is 14.6 Å². The summed E-state index contributed by atoms with van der Waals surface area (Å²) in [6, 6.07) is 17.3. The number of benzene rings is 2. The van der Waals surface area contributed by atoms with E-state index in [0.717, 1.165) is 66.0 Å². The summed E-state index contributed by atoms with van der Waals surface area (Å²) in [5.41, 5.74) is 4.85. The molecular weight excluding hydrogens is 362 g/mol. The fourth-order valence-electron chi connectivity index (χ4n) is 4.30. The zero-order chi connectivity index (χ0) is 20.4. The molecular formula is C24H27N3O2. The molecule has 1 aliphatic rings. The average molecular weight is 389 g/mol. The zero-order valence-corrected chi connectivity index (χ0v) is 16.8. The van der Waals surface area contributed by atoms with Gasteiger partial charge in [0.15, 0.2) is 0 Å². The van der Waals surface area contributed by atoms with Crippen LogP contribution in [0.1, 0.15) is 18.5 Å². The van der Waals surface area contributed by atoms with Crippen LogP contribution in [-0.4, -0.2) is 58.6 Å². The number of piperazine rings is 1. The van der Waals surface area contributed by atoms with Gasteiger partial charge in [-0.2, -0.15) is 0 Å². The maximum absolute atomic E-state index is 12.5. The Morgan fingerprint density at radius 1 is 1.07 bits per heavy atom. The Kier molecular flexibility index (Phi) is 5.51. The van der Waals surface area contributed by atoms with Crippen LogP contribution >= 0.6 is 0 Å². The molecule has 29 heavy (non-hydrogen) atoms. The second-order valence-electron chi connectivity index (χ2n) is 7.84. The number of H-pyrrole nitrogens is 1. The van der Waals surface area contributed by atoms with E-state index in [1.54, 1.807) is 0 Å². The van der Waals surface area contributed by atoms with Crippen molar-refractivity contribution >= 4 is 16.9 Å². The number of aromatic amines is 1. The van der Waals surface area contributed by atoms with Crippen molar-refractivity contribution in [2.75, 3.05) is 32.7 Å². The zero-order valence-electron chi connectivity index (χ0n) is 16.8. The van der Waals surface area contributed by atoms with Gasteiger partial charge >= 0.3 is 5.97 Å². The van der Waals surface area contributed by atoms with Crippen LogP contribution in [0.3, 0.4) is 0 Å². The highest BCUT2D eigenvalue weighted by molar-refractivity contribution is 5.95. The monoisotopic (exact) mass is 389 g/mol. The van der Waals surface area contributed by atoms with E-state index in [1.165, 1.54) is 0 Å². The second-order valence-corrected chi connectivity index (χ2v) is 7.84. The molecule has 1 saturated heterocycles. The standard InChI is InChI=1S/C24H27N3O2/c1-17(2)16-26-12-14-27(15-13-26)23(24(28)29)21-19-10-6-7-11-20(19)25-22(21)18-8-4-3-5-9-18/h3-11,23,25H,1,12-16H2,2H3,(H,28,29)/t23-/m0/s1. The van der Waals surface area contributed by atoms with E-state index in [1.807, 2.05) is 61.5 Å². The molecule has 150 valence electrons. The van der Waals surface area contributed by atoms with Crippen LogP contribution < -0.4 is 0 Å². The van der Waals surface area contributed by atoms with Crippen LogP contribution in [0.2, 0.25) is 0 Å². The lowest BCUT2D eigenvalue weighted by Gasteiger charge is -2.38. The molecule has 2 N–H and O–H groups in total. The van der Waals surface area contributed by atoms with Crippen molar-refractivity contribution in [3.05, 3.63) is 72.3 Å². The number of carbonyl (C=O) groups is 1. The van der Waals surface area contributed by atoms with E-state index in [-0.39, 0.29) is 0 Å². The van der Waals surface area contributed by atoms with Gasteiger partial charge in [-0.25, -0.2) is 0 Å². The lowest BCUT2D eigenvalue weighted by atomic mass is 9.97. The molecule has 0 aliphatic carbocycles.